The summed E-state index contributed by atoms with van der Waals surface area (Å²) >= 11 is 0. The van der Waals surface area contributed by atoms with E-state index in [1.807, 2.05) is 24.3 Å². The number of benzene rings is 2. The average molecular weight is 595 g/mol. The monoisotopic (exact) mass is 594 g/mol. The third-order valence-corrected chi connectivity index (χ3v) is 7.87. The normalized spacial score (nSPS) is 32.2. The summed E-state index contributed by atoms with van der Waals surface area (Å²) in [6, 6.07) is 13.9. The van der Waals surface area contributed by atoms with Crippen molar-refractivity contribution in [3.8, 4) is 11.5 Å². The zero-order chi connectivity index (χ0) is 30.3. The molecule has 2 heterocycles. The molecule has 12 nitrogen and oxygen atoms in total. The highest BCUT2D eigenvalue weighted by molar-refractivity contribution is 5.26. The van der Waals surface area contributed by atoms with Crippen LogP contribution in [0, 0.1) is 0 Å². The van der Waals surface area contributed by atoms with E-state index in [4.69, 9.17) is 18.9 Å². The molecule has 2 saturated heterocycles. The number of phenols is 2. The molecule has 2 aromatic carbocycles. The maximum atomic E-state index is 10.7. The lowest BCUT2D eigenvalue weighted by Gasteiger charge is -2.41. The van der Waals surface area contributed by atoms with Crippen LogP contribution in [-0.4, -0.2) is 115 Å². The Morgan fingerprint density at radius 1 is 0.786 bits per heavy atom. The molecule has 0 radical (unpaired) electrons. The van der Waals surface area contributed by atoms with E-state index in [2.05, 4.69) is 0 Å². The molecule has 2 aliphatic rings. The number of hydrogen-bond acceptors (Lipinski definition) is 12. The van der Waals surface area contributed by atoms with Crippen molar-refractivity contribution in [1.29, 1.82) is 0 Å². The van der Waals surface area contributed by atoms with E-state index >= 15 is 0 Å². The average Bonchev–Trinajstić information content (AvgIpc) is 3.28. The van der Waals surface area contributed by atoms with Crippen LogP contribution in [0.15, 0.2) is 48.5 Å². The summed E-state index contributed by atoms with van der Waals surface area (Å²) in [4.78, 5) is 0. The standard InChI is InChI=1S/C30H42O12/c31-16-30(38)17-40-29(27(30)37)39-15-23-24(34)25(35)26(36)28(42-23)41-22(14-9-19-7-12-21(33)13-8-19)4-2-1-3-18-5-10-20(32)11-6-18/h5-8,10-13,22-29,31-38H,1-4,9,14-17H2/t22-,23+,24+,25-,26+,27-,28+,29+,30+/m0/s1. The molecule has 8 N–H and O–H groups in total. The Labute approximate surface area is 244 Å². The quantitative estimate of drug-likeness (QED) is 0.137. The zero-order valence-corrected chi connectivity index (χ0v) is 23.3. The third-order valence-electron chi connectivity index (χ3n) is 7.87. The number of aliphatic hydroxyl groups is 6. The van der Waals surface area contributed by atoms with Crippen LogP contribution >= 0.6 is 0 Å². The van der Waals surface area contributed by atoms with Crippen molar-refractivity contribution in [2.75, 3.05) is 19.8 Å². The van der Waals surface area contributed by atoms with Crippen molar-refractivity contribution in [2.24, 2.45) is 0 Å². The van der Waals surface area contributed by atoms with Gasteiger partial charge in [-0.3, -0.25) is 0 Å². The van der Waals surface area contributed by atoms with Crippen molar-refractivity contribution < 1.29 is 59.8 Å². The van der Waals surface area contributed by atoms with Crippen LogP contribution in [0.4, 0.5) is 0 Å². The molecule has 0 saturated carbocycles. The summed E-state index contributed by atoms with van der Waals surface area (Å²) in [5.41, 5.74) is 0.190. The largest absolute Gasteiger partial charge is 0.508 e. The number of aliphatic hydroxyl groups excluding tert-OH is 5. The molecule has 0 aromatic heterocycles. The van der Waals surface area contributed by atoms with Crippen LogP contribution in [0.3, 0.4) is 0 Å². The molecule has 9 atom stereocenters. The Balaban J connectivity index is 1.36. The van der Waals surface area contributed by atoms with Crippen molar-refractivity contribution in [1.82, 2.24) is 0 Å². The van der Waals surface area contributed by atoms with Crippen molar-refractivity contribution in [3.63, 3.8) is 0 Å². The molecule has 234 valence electrons. The van der Waals surface area contributed by atoms with Gasteiger partial charge in [-0.1, -0.05) is 30.7 Å². The molecule has 12 heteroatoms. The Hall–Kier alpha value is -2.36. The van der Waals surface area contributed by atoms with Gasteiger partial charge in [-0.05, 0) is 67.5 Å². The third kappa shape index (κ3) is 8.38. The van der Waals surface area contributed by atoms with Gasteiger partial charge in [0.25, 0.3) is 0 Å². The molecule has 0 aliphatic carbocycles. The molecule has 2 aliphatic heterocycles. The first-order chi connectivity index (χ1) is 20.1. The minimum Gasteiger partial charge on any atom is -0.508 e. The summed E-state index contributed by atoms with van der Waals surface area (Å²) in [5, 5.41) is 80.5. The van der Waals surface area contributed by atoms with Gasteiger partial charge in [0.15, 0.2) is 12.6 Å². The lowest BCUT2D eigenvalue weighted by Crippen LogP contribution is -2.60. The Morgan fingerprint density at radius 2 is 1.40 bits per heavy atom. The number of unbranched alkanes of at least 4 members (excludes halogenated alkanes) is 1. The molecule has 0 unspecified atom stereocenters. The topological polar surface area (TPSA) is 199 Å². The molecular formula is C30H42O12. The number of aryl methyl sites for hydroxylation is 2. The molecule has 0 bridgehead atoms. The van der Waals surface area contributed by atoms with E-state index in [0.29, 0.717) is 19.3 Å². The van der Waals surface area contributed by atoms with Gasteiger partial charge in [0.05, 0.1) is 25.9 Å². The minimum absolute atomic E-state index is 0.164. The second-order valence-electron chi connectivity index (χ2n) is 11.1. The summed E-state index contributed by atoms with van der Waals surface area (Å²) in [5.74, 6) is 0.374. The van der Waals surface area contributed by atoms with E-state index in [-0.39, 0.29) is 30.8 Å². The fraction of sp³-hybridized carbons (Fsp3) is 0.600. The summed E-state index contributed by atoms with van der Waals surface area (Å²) < 4.78 is 22.7. The Bertz CT molecular complexity index is 1080. The second-order valence-corrected chi connectivity index (χ2v) is 11.1. The van der Waals surface area contributed by atoms with Gasteiger partial charge in [0, 0.05) is 0 Å². The number of ether oxygens (including phenoxy) is 4. The molecule has 2 aromatic rings. The maximum Gasteiger partial charge on any atom is 0.186 e. The molecule has 42 heavy (non-hydrogen) atoms. The zero-order valence-electron chi connectivity index (χ0n) is 23.3. The number of hydrogen-bond donors (Lipinski definition) is 8. The van der Waals surface area contributed by atoms with Crippen LogP contribution in [0.25, 0.3) is 0 Å². The first kappa shape index (κ1) is 32.6. The van der Waals surface area contributed by atoms with Gasteiger partial charge < -0.3 is 59.8 Å². The smallest absolute Gasteiger partial charge is 0.186 e. The van der Waals surface area contributed by atoms with Crippen molar-refractivity contribution in [2.45, 2.75) is 93.3 Å². The molecule has 4 rings (SSSR count). The van der Waals surface area contributed by atoms with E-state index < -0.39 is 55.3 Å². The van der Waals surface area contributed by atoms with Crippen LogP contribution < -0.4 is 0 Å². The van der Waals surface area contributed by atoms with E-state index in [0.717, 1.165) is 30.4 Å². The predicted molar refractivity (Wildman–Crippen MR) is 147 cm³/mol. The van der Waals surface area contributed by atoms with Crippen LogP contribution in [0.2, 0.25) is 0 Å². The Morgan fingerprint density at radius 3 is 2.00 bits per heavy atom. The fourth-order valence-corrected chi connectivity index (χ4v) is 5.12. The highest BCUT2D eigenvalue weighted by Crippen LogP contribution is 2.29. The lowest BCUT2D eigenvalue weighted by atomic mass is 9.98. The van der Waals surface area contributed by atoms with Crippen molar-refractivity contribution >= 4 is 0 Å². The SMILES string of the molecule is OC[C@@]1(O)CO[C@@H](OC[C@H]2O[C@@H](O[C@@H](CCCCc3ccc(O)cc3)CCc3ccc(O)cc3)[C@H](O)[C@@H](O)[C@@H]2O)[C@@H]1O. The van der Waals surface area contributed by atoms with Gasteiger partial charge >= 0.3 is 0 Å². The van der Waals surface area contributed by atoms with Crippen LogP contribution in [0.5, 0.6) is 11.5 Å². The van der Waals surface area contributed by atoms with E-state index in [1.54, 1.807) is 24.3 Å². The summed E-state index contributed by atoms with van der Waals surface area (Å²) in [6.07, 6.45) is -6.13. The first-order valence-corrected chi connectivity index (χ1v) is 14.2. The van der Waals surface area contributed by atoms with E-state index in [1.165, 1.54) is 0 Å². The highest BCUT2D eigenvalue weighted by atomic mass is 16.7. The van der Waals surface area contributed by atoms with Gasteiger partial charge in [0.1, 0.15) is 47.6 Å². The van der Waals surface area contributed by atoms with Gasteiger partial charge in [-0.2, -0.15) is 0 Å². The highest BCUT2D eigenvalue weighted by Gasteiger charge is 2.50. The van der Waals surface area contributed by atoms with Gasteiger partial charge in [-0.15, -0.1) is 0 Å². The summed E-state index contributed by atoms with van der Waals surface area (Å²) in [7, 11) is 0. The summed E-state index contributed by atoms with van der Waals surface area (Å²) in [6.45, 7) is -1.46. The Kier molecular flexibility index (Phi) is 11.5. The number of rotatable bonds is 14. The minimum atomic E-state index is -1.88. The van der Waals surface area contributed by atoms with Gasteiger partial charge in [-0.25, -0.2) is 0 Å². The molecule has 2 fully saturated rings. The molecular weight excluding hydrogens is 552 g/mol. The first-order valence-electron chi connectivity index (χ1n) is 14.2. The maximum absolute atomic E-state index is 10.7. The predicted octanol–water partition coefficient (Wildman–Crippen LogP) is 0.0934. The molecule has 0 spiro atoms. The van der Waals surface area contributed by atoms with Crippen LogP contribution in [0.1, 0.15) is 36.8 Å². The number of phenolic OH excluding ortho intramolecular Hbond substituents is 2. The van der Waals surface area contributed by atoms with Crippen molar-refractivity contribution in [3.05, 3.63) is 59.7 Å². The second kappa shape index (κ2) is 14.9. The number of aromatic hydroxyl groups is 2. The lowest BCUT2D eigenvalue weighted by molar-refractivity contribution is -0.319. The fourth-order valence-electron chi connectivity index (χ4n) is 5.12. The van der Waals surface area contributed by atoms with Crippen LogP contribution in [-0.2, 0) is 31.8 Å². The van der Waals surface area contributed by atoms with E-state index in [9.17, 15) is 40.9 Å². The molecule has 0 amide bonds. The van der Waals surface area contributed by atoms with Gasteiger partial charge in [0.2, 0.25) is 0 Å².